The predicted molar refractivity (Wildman–Crippen MR) is 52.1 cm³/mol. The number of rotatable bonds is 2. The third-order valence-corrected chi connectivity index (χ3v) is 2.10. The zero-order chi connectivity index (χ0) is 8.81. The zero-order valence-electron chi connectivity index (χ0n) is 6.49. The van der Waals surface area contributed by atoms with Crippen LogP contribution in [0.2, 0.25) is 0 Å². The van der Waals surface area contributed by atoms with E-state index < -0.39 is 0 Å². The summed E-state index contributed by atoms with van der Waals surface area (Å²) in [6.45, 7) is 0. The number of thioether (sulfide) groups is 1. The lowest BCUT2D eigenvalue weighted by Crippen LogP contribution is -1.92. The lowest BCUT2D eigenvalue weighted by atomic mass is 10.2. The molecule has 0 aliphatic heterocycles. The molecule has 0 spiro atoms. The molecule has 0 radical (unpaired) electrons. The highest BCUT2D eigenvalue weighted by Crippen LogP contribution is 2.10. The normalized spacial score (nSPS) is 8.92. The molecule has 0 saturated carbocycles. The molecule has 0 unspecified atom stereocenters. The monoisotopic (exact) mass is 176 g/mol. The first kappa shape index (κ1) is 8.89. The van der Waals surface area contributed by atoms with Gasteiger partial charge in [0.1, 0.15) is 0 Å². The second kappa shape index (κ2) is 4.63. The van der Waals surface area contributed by atoms with Crippen molar-refractivity contribution < 1.29 is 4.79 Å². The summed E-state index contributed by atoms with van der Waals surface area (Å²) in [5, 5.41) is 0.0357. The van der Waals surface area contributed by atoms with Gasteiger partial charge in [0.25, 0.3) is 0 Å². The summed E-state index contributed by atoms with van der Waals surface area (Å²) in [6, 6.07) is 9.12. The van der Waals surface area contributed by atoms with Gasteiger partial charge in [-0.15, -0.1) is 6.42 Å². The molecule has 0 atom stereocenters. The van der Waals surface area contributed by atoms with E-state index in [-0.39, 0.29) is 5.12 Å². The lowest BCUT2D eigenvalue weighted by molar-refractivity contribution is 0.108. The summed E-state index contributed by atoms with van der Waals surface area (Å²) in [4.78, 5) is 11.3. The molecule has 0 heterocycles. The van der Waals surface area contributed by atoms with Gasteiger partial charge in [-0.05, 0) is 0 Å². The standard InChI is InChI=1S/C10H8OS/c1-2-8-12-10(11)9-6-4-3-5-7-9/h1,3-7H,8H2. The highest BCUT2D eigenvalue weighted by molar-refractivity contribution is 8.14. The van der Waals surface area contributed by atoms with Crippen molar-refractivity contribution in [3.63, 3.8) is 0 Å². The first-order chi connectivity index (χ1) is 5.84. The fourth-order valence-electron chi connectivity index (χ4n) is 0.765. The van der Waals surface area contributed by atoms with Crippen molar-refractivity contribution in [3.05, 3.63) is 35.9 Å². The van der Waals surface area contributed by atoms with Crippen LogP contribution in [0.1, 0.15) is 10.4 Å². The smallest absolute Gasteiger partial charge is 0.220 e. The van der Waals surface area contributed by atoms with E-state index >= 15 is 0 Å². The molecule has 12 heavy (non-hydrogen) atoms. The Morgan fingerprint density at radius 2 is 2.08 bits per heavy atom. The molecule has 1 aromatic rings. The van der Waals surface area contributed by atoms with E-state index in [0.29, 0.717) is 11.3 Å². The molecule has 0 aliphatic carbocycles. The van der Waals surface area contributed by atoms with Crippen LogP contribution in [-0.2, 0) is 0 Å². The third kappa shape index (κ3) is 2.44. The van der Waals surface area contributed by atoms with Crippen LogP contribution in [0, 0.1) is 12.3 Å². The minimum absolute atomic E-state index is 0.0357. The summed E-state index contributed by atoms with van der Waals surface area (Å²) >= 11 is 1.15. The molecular formula is C10H8OS. The van der Waals surface area contributed by atoms with Crippen LogP contribution in [0.4, 0.5) is 0 Å². The molecule has 1 aromatic carbocycles. The average molecular weight is 176 g/mol. The summed E-state index contributed by atoms with van der Waals surface area (Å²) in [6.07, 6.45) is 5.03. The van der Waals surface area contributed by atoms with Crippen LogP contribution >= 0.6 is 11.8 Å². The maximum absolute atomic E-state index is 11.3. The molecule has 0 amide bonds. The van der Waals surface area contributed by atoms with Crippen LogP contribution in [0.5, 0.6) is 0 Å². The molecule has 1 rings (SSSR count). The molecule has 0 aliphatic rings. The van der Waals surface area contributed by atoms with Gasteiger partial charge < -0.3 is 0 Å². The fraction of sp³-hybridized carbons (Fsp3) is 0.100. The molecule has 0 bridgehead atoms. The van der Waals surface area contributed by atoms with Gasteiger partial charge in [0.05, 0.1) is 5.75 Å². The van der Waals surface area contributed by atoms with Gasteiger partial charge in [0, 0.05) is 5.56 Å². The van der Waals surface area contributed by atoms with Crippen LogP contribution in [0.15, 0.2) is 30.3 Å². The van der Waals surface area contributed by atoms with Crippen LogP contribution in [0.25, 0.3) is 0 Å². The Bertz CT molecular complexity index is 297. The Morgan fingerprint density at radius 1 is 1.42 bits per heavy atom. The summed E-state index contributed by atoms with van der Waals surface area (Å²) in [5.74, 6) is 2.85. The van der Waals surface area contributed by atoms with E-state index in [2.05, 4.69) is 5.92 Å². The summed E-state index contributed by atoms with van der Waals surface area (Å²) < 4.78 is 0. The third-order valence-electron chi connectivity index (χ3n) is 1.30. The zero-order valence-corrected chi connectivity index (χ0v) is 7.30. The molecule has 1 nitrogen and oxygen atoms in total. The Balaban J connectivity index is 2.61. The van der Waals surface area contributed by atoms with Gasteiger partial charge in [0.2, 0.25) is 5.12 Å². The Morgan fingerprint density at radius 3 is 2.67 bits per heavy atom. The van der Waals surface area contributed by atoms with Crippen molar-refractivity contribution in [1.82, 2.24) is 0 Å². The topological polar surface area (TPSA) is 17.1 Å². The fourth-order valence-corrected chi connectivity index (χ4v) is 1.28. The van der Waals surface area contributed by atoms with Crippen molar-refractivity contribution in [2.45, 2.75) is 0 Å². The second-order valence-electron chi connectivity index (χ2n) is 2.15. The van der Waals surface area contributed by atoms with E-state index in [0.717, 1.165) is 11.8 Å². The van der Waals surface area contributed by atoms with E-state index in [1.54, 1.807) is 12.1 Å². The second-order valence-corrected chi connectivity index (χ2v) is 3.09. The maximum Gasteiger partial charge on any atom is 0.220 e. The van der Waals surface area contributed by atoms with E-state index in [1.807, 2.05) is 18.2 Å². The molecule has 0 N–H and O–H groups in total. The molecule has 0 saturated heterocycles. The van der Waals surface area contributed by atoms with Crippen LogP contribution in [-0.4, -0.2) is 10.9 Å². The van der Waals surface area contributed by atoms with Crippen molar-refractivity contribution in [1.29, 1.82) is 0 Å². The van der Waals surface area contributed by atoms with Gasteiger partial charge in [-0.25, -0.2) is 0 Å². The Labute approximate surface area is 76.2 Å². The average Bonchev–Trinajstić information content (AvgIpc) is 2.15. The highest BCUT2D eigenvalue weighted by Gasteiger charge is 2.02. The first-order valence-electron chi connectivity index (χ1n) is 3.50. The minimum atomic E-state index is 0.0357. The molecule has 60 valence electrons. The van der Waals surface area contributed by atoms with Crippen LogP contribution in [0.3, 0.4) is 0 Å². The first-order valence-corrected chi connectivity index (χ1v) is 4.49. The highest BCUT2D eigenvalue weighted by atomic mass is 32.2. The number of carbonyl (C=O) groups is 1. The number of carbonyl (C=O) groups excluding carboxylic acids is 1. The lowest BCUT2D eigenvalue weighted by Gasteiger charge is -1.95. The van der Waals surface area contributed by atoms with Crippen LogP contribution < -0.4 is 0 Å². The number of hydrogen-bond acceptors (Lipinski definition) is 2. The van der Waals surface area contributed by atoms with E-state index in [9.17, 15) is 4.79 Å². The van der Waals surface area contributed by atoms with Gasteiger partial charge in [-0.3, -0.25) is 4.79 Å². The summed E-state index contributed by atoms with van der Waals surface area (Å²) in [5.41, 5.74) is 0.706. The number of terminal acetylenes is 1. The maximum atomic E-state index is 11.3. The van der Waals surface area contributed by atoms with Gasteiger partial charge in [0.15, 0.2) is 0 Å². The van der Waals surface area contributed by atoms with Gasteiger partial charge in [-0.1, -0.05) is 48.0 Å². The minimum Gasteiger partial charge on any atom is -0.282 e. The Hall–Kier alpha value is -1.20. The molecule has 2 heteroatoms. The molecular weight excluding hydrogens is 168 g/mol. The van der Waals surface area contributed by atoms with E-state index in [1.165, 1.54) is 0 Å². The van der Waals surface area contributed by atoms with E-state index in [4.69, 9.17) is 6.42 Å². The van der Waals surface area contributed by atoms with Crippen molar-refractivity contribution in [2.75, 3.05) is 5.75 Å². The molecule has 0 aromatic heterocycles. The molecule has 0 fully saturated rings. The largest absolute Gasteiger partial charge is 0.282 e. The Kier molecular flexibility index (Phi) is 3.43. The number of benzene rings is 1. The summed E-state index contributed by atoms with van der Waals surface area (Å²) in [7, 11) is 0. The van der Waals surface area contributed by atoms with Crippen molar-refractivity contribution in [2.24, 2.45) is 0 Å². The van der Waals surface area contributed by atoms with Crippen molar-refractivity contribution in [3.8, 4) is 12.3 Å². The van der Waals surface area contributed by atoms with Gasteiger partial charge >= 0.3 is 0 Å². The quantitative estimate of drug-likeness (QED) is 0.642. The van der Waals surface area contributed by atoms with Crippen molar-refractivity contribution >= 4 is 16.9 Å². The predicted octanol–water partition coefficient (Wildman–Crippen LogP) is 2.19. The number of hydrogen-bond donors (Lipinski definition) is 0. The van der Waals surface area contributed by atoms with Gasteiger partial charge in [-0.2, -0.15) is 0 Å². The SMILES string of the molecule is C#CCSC(=O)c1ccccc1.